The van der Waals surface area contributed by atoms with Gasteiger partial charge >= 0.3 is 0 Å². The fourth-order valence-electron chi connectivity index (χ4n) is 14.6. The highest BCUT2D eigenvalue weighted by atomic mass is 32.1. The van der Waals surface area contributed by atoms with Crippen molar-refractivity contribution in [3.63, 3.8) is 0 Å². The first-order chi connectivity index (χ1) is 40.2. The molecular formula is C64H77FN12O5S. The Hall–Kier alpha value is -6.80. The summed E-state index contributed by atoms with van der Waals surface area (Å²) in [5.74, 6) is 1.93. The van der Waals surface area contributed by atoms with Crippen molar-refractivity contribution in [3.8, 4) is 27.4 Å². The molecule has 0 aliphatic carbocycles. The number of aliphatic hydroxyl groups is 1. The fourth-order valence-corrected chi connectivity index (χ4v) is 15.4. The zero-order chi connectivity index (χ0) is 57.2. The van der Waals surface area contributed by atoms with Crippen LogP contribution in [0.2, 0.25) is 0 Å². The molecule has 7 fully saturated rings. The fraction of sp³-hybridized carbons (Fsp3) is 0.516. The van der Waals surface area contributed by atoms with Gasteiger partial charge in [0.25, 0.3) is 0 Å². The average Bonchev–Trinajstić information content (AvgIpc) is 4.41. The number of piperidine rings is 1. The van der Waals surface area contributed by atoms with E-state index in [0.717, 1.165) is 153 Å². The number of piperazine rings is 1. The number of fused-ring (bicyclic) bond motifs is 6. The summed E-state index contributed by atoms with van der Waals surface area (Å²) in [6.45, 7) is 17.1. The number of aliphatic hydroxyl groups excluding tert-OH is 1. The smallest absolute Gasteiger partial charge is 0.243 e. The number of halogens is 1. The van der Waals surface area contributed by atoms with Gasteiger partial charge in [-0.25, -0.2) is 14.4 Å². The summed E-state index contributed by atoms with van der Waals surface area (Å²) in [5.41, 5.74) is 6.93. The number of hydrogen-bond acceptors (Lipinski definition) is 16. The van der Waals surface area contributed by atoms with Crippen LogP contribution in [-0.4, -0.2) is 146 Å². The summed E-state index contributed by atoms with van der Waals surface area (Å²) in [7, 11) is 0. The Morgan fingerprint density at radius 1 is 0.904 bits per heavy atom. The maximum atomic E-state index is 17.5. The van der Waals surface area contributed by atoms with Crippen LogP contribution >= 0.6 is 11.3 Å². The molecule has 83 heavy (non-hydrogen) atoms. The molecule has 7 saturated heterocycles. The first-order valence-electron chi connectivity index (χ1n) is 30.4. The number of anilines is 3. The van der Waals surface area contributed by atoms with Crippen LogP contribution in [0.5, 0.6) is 5.75 Å². The number of pyridine rings is 1. The van der Waals surface area contributed by atoms with E-state index in [4.69, 9.17) is 19.5 Å². The van der Waals surface area contributed by atoms with Crippen LogP contribution in [0.4, 0.5) is 22.0 Å². The largest absolute Gasteiger partial charge is 0.508 e. The molecule has 11 heterocycles. The summed E-state index contributed by atoms with van der Waals surface area (Å²) in [5, 5.41) is 35.4. The molecule has 4 N–H and O–H groups in total. The van der Waals surface area contributed by atoms with Crippen LogP contribution in [0.25, 0.3) is 43.4 Å². The third-order valence-corrected chi connectivity index (χ3v) is 20.1. The van der Waals surface area contributed by atoms with E-state index in [9.17, 15) is 19.8 Å². The maximum absolute atomic E-state index is 17.5. The molecule has 17 nitrogen and oxygen atoms in total. The van der Waals surface area contributed by atoms with Crippen LogP contribution < -0.4 is 25.3 Å². The lowest BCUT2D eigenvalue weighted by Crippen LogP contribution is -2.54. The van der Waals surface area contributed by atoms with Crippen LogP contribution in [0.15, 0.2) is 76.9 Å². The van der Waals surface area contributed by atoms with Gasteiger partial charge in [0.15, 0.2) is 17.4 Å². The summed E-state index contributed by atoms with van der Waals surface area (Å²) in [6, 6.07) is 19.2. The average molecular weight is 1150 g/mol. The SMILES string of the molecule is CCc1cccc2cc(O)cc(-c3ncc4c(N5CC6CCCC5CN6)nc(N5CC[C@H](N6CCC(CC7CN(c8cc([C@@H](C(=O)N9C[C@H](O)C[C@H]9C(=O)N[C@@H](C)c9ccc(-c%10scnc%10C)cc9)C(C)C)on8)C7)CC6)C5)nc4c3F)c12. The standard InChI is InChI=1S/C64H77FN12O5S/c1-6-41-9-7-10-44-24-48(78)25-50(56(41)44)58-57(65)59-51(29-67-58)61(76-32-45-11-8-12-46(76)28-66-45)71-64(70-59)74-22-19-47(33-74)73-20-17-39(18-21-73)23-40-30-75(31-40)54-27-53(82-72-54)55(36(2)3)63(81)77-34-49(79)26-52(77)62(80)69-37(4)42-13-15-43(16-14-42)60-38(5)68-35-83-60/h7,9-10,13-16,24-25,27,29,35-37,39-40,45-47,49,52,55,66,78-79H,6,8,11-12,17-23,26,28,30-34H2,1-5H3,(H,69,80)/t37-,45?,46?,47-,49+,52-,55-/m0/s1. The van der Waals surface area contributed by atoms with E-state index >= 15 is 4.39 Å². The van der Waals surface area contributed by atoms with Crippen molar-refractivity contribution in [2.75, 3.05) is 73.6 Å². The van der Waals surface area contributed by atoms with Crippen molar-refractivity contribution in [2.24, 2.45) is 17.8 Å². The minimum Gasteiger partial charge on any atom is -0.508 e. The summed E-state index contributed by atoms with van der Waals surface area (Å²) in [6.07, 6.45) is 9.56. The molecule has 2 bridgehead atoms. The lowest BCUT2D eigenvalue weighted by atomic mass is 9.83. The number of aromatic hydroxyl groups is 1. The number of aromatic nitrogens is 5. The summed E-state index contributed by atoms with van der Waals surface area (Å²) in [4.78, 5) is 60.2. The van der Waals surface area contributed by atoms with E-state index in [-0.39, 0.29) is 59.7 Å². The van der Waals surface area contributed by atoms with Gasteiger partial charge in [-0.2, -0.15) is 4.98 Å². The number of thiazole rings is 1. The number of carbonyl (C=O) groups is 2. The Morgan fingerprint density at radius 2 is 1.72 bits per heavy atom. The molecule has 7 aliphatic heterocycles. The van der Waals surface area contributed by atoms with Gasteiger partial charge in [0, 0.05) is 88.2 Å². The number of nitrogens with zero attached hydrogens (tertiary/aromatic N) is 10. The highest BCUT2D eigenvalue weighted by molar-refractivity contribution is 7.13. The Balaban J connectivity index is 0.631. The minimum absolute atomic E-state index is 0.0684. The minimum atomic E-state index is -0.812. The van der Waals surface area contributed by atoms with E-state index in [0.29, 0.717) is 46.6 Å². The number of β-amino-alcohol motifs (C(OH)–C–C–N with tert-alkyl or cyclic N) is 1. The molecule has 7 aromatic rings. The highest BCUT2D eigenvalue weighted by Gasteiger charge is 2.45. The van der Waals surface area contributed by atoms with Crippen LogP contribution in [0.1, 0.15) is 114 Å². The maximum Gasteiger partial charge on any atom is 0.243 e. The number of nitrogens with one attached hydrogen (secondary N) is 2. The second kappa shape index (κ2) is 23.0. The Labute approximate surface area is 488 Å². The Kier molecular flexibility index (Phi) is 15.3. The van der Waals surface area contributed by atoms with E-state index in [2.05, 4.69) is 53.4 Å². The van der Waals surface area contributed by atoms with Gasteiger partial charge in [0.2, 0.25) is 17.8 Å². The molecule has 436 valence electrons. The third-order valence-electron chi connectivity index (χ3n) is 19.2. The summed E-state index contributed by atoms with van der Waals surface area (Å²) >= 11 is 1.60. The second-order valence-corrected chi connectivity index (χ2v) is 25.8. The molecule has 2 unspecified atom stereocenters. The number of aryl methyl sites for hydroxylation is 2. The second-order valence-electron chi connectivity index (χ2n) is 24.9. The molecule has 3 aromatic carbocycles. The monoisotopic (exact) mass is 1140 g/mol. The number of carbonyl (C=O) groups excluding carboxylic acids is 2. The normalized spacial score (nSPS) is 23.4. The van der Waals surface area contributed by atoms with E-state index < -0.39 is 23.9 Å². The van der Waals surface area contributed by atoms with Crippen LogP contribution in [0, 0.1) is 30.5 Å². The van der Waals surface area contributed by atoms with E-state index in [1.807, 2.05) is 75.7 Å². The summed E-state index contributed by atoms with van der Waals surface area (Å²) < 4.78 is 23.5. The molecule has 19 heteroatoms. The zero-order valence-corrected chi connectivity index (χ0v) is 49.1. The van der Waals surface area contributed by atoms with Gasteiger partial charge in [0.05, 0.1) is 33.6 Å². The first-order valence-corrected chi connectivity index (χ1v) is 31.2. The quantitative estimate of drug-likeness (QED) is 0.0759. The Bertz CT molecular complexity index is 3520. The molecule has 0 spiro atoms. The number of likely N-dealkylation sites (tertiary alicyclic amines) is 2. The number of phenols is 1. The van der Waals surface area contributed by atoms with Crippen molar-refractivity contribution in [2.45, 2.75) is 135 Å². The van der Waals surface area contributed by atoms with Crippen molar-refractivity contribution in [1.29, 1.82) is 0 Å². The van der Waals surface area contributed by atoms with Gasteiger partial charge in [-0.3, -0.25) is 19.5 Å². The molecule has 2 amide bonds. The number of phenolic OH excluding ortho intramolecular Hbond substituents is 1. The molecule has 14 rings (SSSR count). The first kappa shape index (κ1) is 55.4. The number of benzene rings is 3. The molecular weight excluding hydrogens is 1070 g/mol. The number of amides is 2. The number of hydrogen-bond donors (Lipinski definition) is 4. The zero-order valence-electron chi connectivity index (χ0n) is 48.3. The van der Waals surface area contributed by atoms with Crippen LogP contribution in [-0.2, 0) is 16.0 Å². The predicted octanol–water partition coefficient (Wildman–Crippen LogP) is 9.40. The Morgan fingerprint density at radius 3 is 2.49 bits per heavy atom. The van der Waals surface area contributed by atoms with Crippen molar-refractivity contribution in [3.05, 3.63) is 101 Å². The van der Waals surface area contributed by atoms with Gasteiger partial charge < -0.3 is 45.0 Å². The topological polar surface area (TPSA) is 192 Å². The molecule has 7 atom stereocenters. The molecule has 4 aromatic heterocycles. The van der Waals surface area contributed by atoms with Gasteiger partial charge in [-0.1, -0.05) is 68.4 Å². The van der Waals surface area contributed by atoms with Gasteiger partial charge in [-0.05, 0) is 136 Å². The van der Waals surface area contributed by atoms with Gasteiger partial charge in [-0.15, -0.1) is 11.3 Å². The highest BCUT2D eigenvalue weighted by Crippen LogP contribution is 2.42. The number of rotatable bonds is 15. The van der Waals surface area contributed by atoms with Gasteiger partial charge in [0.1, 0.15) is 34.7 Å². The molecule has 0 radical (unpaired) electrons. The van der Waals surface area contributed by atoms with E-state index in [1.54, 1.807) is 29.7 Å². The van der Waals surface area contributed by atoms with Crippen molar-refractivity contribution in [1.82, 2.24) is 45.5 Å². The lowest BCUT2D eigenvalue weighted by molar-refractivity contribution is -0.141. The predicted molar refractivity (Wildman–Crippen MR) is 322 cm³/mol. The van der Waals surface area contributed by atoms with E-state index in [1.165, 1.54) is 4.90 Å². The lowest BCUT2D eigenvalue weighted by Gasteiger charge is -2.43. The third kappa shape index (κ3) is 10.8. The van der Waals surface area contributed by atoms with Crippen LogP contribution in [0.3, 0.4) is 0 Å². The molecule has 0 saturated carbocycles. The molecule has 7 aliphatic rings. The van der Waals surface area contributed by atoms with Crippen molar-refractivity contribution < 1.29 is 28.7 Å². The van der Waals surface area contributed by atoms with Crippen molar-refractivity contribution >= 4 is 62.4 Å².